The molecule has 0 saturated heterocycles. The van der Waals surface area contributed by atoms with Crippen molar-refractivity contribution in [3.63, 3.8) is 0 Å². The van der Waals surface area contributed by atoms with Crippen LogP contribution in [0.15, 0.2) is 12.4 Å². The van der Waals surface area contributed by atoms with Gasteiger partial charge >= 0.3 is 0 Å². The molecule has 0 atom stereocenters. The zero-order valence-electron chi connectivity index (χ0n) is 7.13. The molecular formula is C6H13F2N3S. The number of hydrogen-bond donors (Lipinski definition) is 1. The van der Waals surface area contributed by atoms with E-state index in [1.54, 1.807) is 0 Å². The highest BCUT2D eigenvalue weighted by molar-refractivity contribution is 7.75. The van der Waals surface area contributed by atoms with E-state index in [2.05, 4.69) is 36.2 Å². The highest BCUT2D eigenvalue weighted by Crippen LogP contribution is 2.00. The summed E-state index contributed by atoms with van der Waals surface area (Å²) < 4.78 is 25.3. The quantitative estimate of drug-likeness (QED) is 0.695. The number of hydrogen-bond acceptors (Lipinski definition) is 3. The first kappa shape index (κ1) is 11.4. The van der Waals surface area contributed by atoms with Crippen LogP contribution in [0.25, 0.3) is 0 Å². The van der Waals surface area contributed by atoms with Crippen LogP contribution in [0.3, 0.4) is 0 Å². The molecule has 72 valence electrons. The molecule has 0 aromatic carbocycles. The second kappa shape index (κ2) is 5.93. The Morgan fingerprint density at radius 1 is 1.50 bits per heavy atom. The normalized spacial score (nSPS) is 15.1. The summed E-state index contributed by atoms with van der Waals surface area (Å²) in [6.45, 7) is 4.32. The first-order valence-electron chi connectivity index (χ1n) is 3.47. The fourth-order valence-corrected chi connectivity index (χ4v) is 0.794. The summed E-state index contributed by atoms with van der Waals surface area (Å²) >= 11 is -3.11. The van der Waals surface area contributed by atoms with Gasteiger partial charge in [0.25, 0.3) is 11.5 Å². The average Bonchev–Trinajstić information content (AvgIpc) is 2.34. The third-order valence-corrected chi connectivity index (χ3v) is 1.34. The molecule has 0 spiro atoms. The molecule has 0 amide bonds. The van der Waals surface area contributed by atoms with Gasteiger partial charge in [0, 0.05) is 26.0 Å². The van der Waals surface area contributed by atoms with Gasteiger partial charge in [0.1, 0.15) is 0 Å². The average molecular weight is 197 g/mol. The third kappa shape index (κ3) is 6.09. The van der Waals surface area contributed by atoms with E-state index in [9.17, 15) is 7.77 Å². The molecule has 1 N–H and O–H groups in total. The van der Waals surface area contributed by atoms with Crippen LogP contribution >= 0.6 is 0 Å². The summed E-state index contributed by atoms with van der Waals surface area (Å²) in [4.78, 5) is 4.41. The van der Waals surface area contributed by atoms with Crippen molar-refractivity contribution in [1.82, 2.24) is 9.80 Å². The van der Waals surface area contributed by atoms with Gasteiger partial charge in [0.05, 0.1) is 6.67 Å². The minimum atomic E-state index is -3.11. The van der Waals surface area contributed by atoms with E-state index in [-0.39, 0.29) is 0 Å². The molecule has 0 unspecified atom stereocenters. The second-order valence-corrected chi connectivity index (χ2v) is 2.74. The van der Waals surface area contributed by atoms with Gasteiger partial charge in [-0.25, -0.2) is 4.78 Å². The van der Waals surface area contributed by atoms with Crippen molar-refractivity contribution in [2.75, 3.05) is 20.3 Å². The topological polar surface area (TPSA) is 30.3 Å². The monoisotopic (exact) mass is 197 g/mol. The van der Waals surface area contributed by atoms with Gasteiger partial charge in [-0.1, -0.05) is 0 Å². The van der Waals surface area contributed by atoms with Gasteiger partial charge in [-0.05, 0) is 6.92 Å². The molecule has 0 bridgehead atoms. The van der Waals surface area contributed by atoms with E-state index in [4.69, 9.17) is 4.78 Å². The minimum Gasteiger partial charge on any atom is -0.362 e. The second-order valence-electron chi connectivity index (χ2n) is 2.31. The SMILES string of the molecule is CCN1C=CN(C)C1.N=S(F)F. The molecule has 1 aliphatic rings. The first-order valence-corrected chi connectivity index (χ1v) is 4.49. The van der Waals surface area contributed by atoms with E-state index >= 15 is 0 Å². The van der Waals surface area contributed by atoms with Crippen molar-refractivity contribution in [3.8, 4) is 0 Å². The van der Waals surface area contributed by atoms with Crippen LogP contribution in [-0.2, 0) is 11.5 Å². The number of rotatable bonds is 1. The van der Waals surface area contributed by atoms with Crippen molar-refractivity contribution in [1.29, 1.82) is 4.78 Å². The van der Waals surface area contributed by atoms with Crippen molar-refractivity contribution >= 4 is 11.5 Å². The van der Waals surface area contributed by atoms with Crippen LogP contribution in [0.5, 0.6) is 0 Å². The Kier molecular flexibility index (Phi) is 5.61. The zero-order valence-corrected chi connectivity index (χ0v) is 7.94. The maximum atomic E-state index is 10.0. The molecule has 0 fully saturated rings. The molecule has 0 aromatic rings. The molecule has 0 aromatic heterocycles. The summed E-state index contributed by atoms with van der Waals surface area (Å²) in [6.07, 6.45) is 4.20. The molecule has 0 saturated carbocycles. The molecule has 1 aliphatic heterocycles. The zero-order chi connectivity index (χ0) is 9.56. The summed E-state index contributed by atoms with van der Waals surface area (Å²) in [7, 11) is 2.08. The molecule has 6 heteroatoms. The van der Waals surface area contributed by atoms with E-state index in [1.165, 1.54) is 0 Å². The van der Waals surface area contributed by atoms with Crippen LogP contribution in [0, 0.1) is 4.78 Å². The van der Waals surface area contributed by atoms with E-state index in [1.807, 2.05) is 0 Å². The Hall–Kier alpha value is -0.650. The predicted octanol–water partition coefficient (Wildman–Crippen LogP) is 1.82. The molecule has 1 heterocycles. The molecule has 1 rings (SSSR count). The van der Waals surface area contributed by atoms with Gasteiger partial charge in [0.15, 0.2) is 0 Å². The summed E-state index contributed by atoms with van der Waals surface area (Å²) in [5.74, 6) is 0. The van der Waals surface area contributed by atoms with E-state index < -0.39 is 11.5 Å². The number of halogens is 2. The summed E-state index contributed by atoms with van der Waals surface area (Å²) in [5, 5.41) is 0. The summed E-state index contributed by atoms with van der Waals surface area (Å²) in [6, 6.07) is 0. The van der Waals surface area contributed by atoms with Crippen LogP contribution in [0.1, 0.15) is 6.92 Å². The Balaban J connectivity index is 0.000000261. The minimum absolute atomic E-state index is 1.05. The Labute approximate surface area is 74.1 Å². The lowest BCUT2D eigenvalue weighted by atomic mass is 10.6. The summed E-state index contributed by atoms with van der Waals surface area (Å²) in [5.41, 5.74) is 0. The maximum Gasteiger partial charge on any atom is 0.258 e. The molecular weight excluding hydrogens is 184 g/mol. The van der Waals surface area contributed by atoms with Gasteiger partial charge in [-0.2, -0.15) is 0 Å². The number of nitrogens with one attached hydrogen (secondary N) is 1. The van der Waals surface area contributed by atoms with Gasteiger partial charge in [0.2, 0.25) is 0 Å². The fourth-order valence-electron chi connectivity index (χ4n) is 0.794. The van der Waals surface area contributed by atoms with Crippen molar-refractivity contribution < 1.29 is 7.77 Å². The first-order chi connectivity index (χ1) is 5.56. The lowest BCUT2D eigenvalue weighted by Gasteiger charge is -2.14. The lowest BCUT2D eigenvalue weighted by Crippen LogP contribution is -2.21. The van der Waals surface area contributed by atoms with Crippen LogP contribution in [0.2, 0.25) is 0 Å². The van der Waals surface area contributed by atoms with Crippen LogP contribution in [0.4, 0.5) is 7.77 Å². The van der Waals surface area contributed by atoms with Gasteiger partial charge in [-0.15, -0.1) is 7.77 Å². The molecule has 12 heavy (non-hydrogen) atoms. The van der Waals surface area contributed by atoms with Crippen molar-refractivity contribution in [2.24, 2.45) is 0 Å². The van der Waals surface area contributed by atoms with E-state index in [0.717, 1.165) is 13.2 Å². The highest BCUT2D eigenvalue weighted by atomic mass is 32.2. The molecule has 3 nitrogen and oxygen atoms in total. The van der Waals surface area contributed by atoms with Crippen LogP contribution < -0.4 is 0 Å². The Morgan fingerprint density at radius 3 is 2.17 bits per heavy atom. The Bertz CT molecular complexity index is 170. The lowest BCUT2D eigenvalue weighted by molar-refractivity contribution is 0.308. The highest BCUT2D eigenvalue weighted by Gasteiger charge is 2.03. The van der Waals surface area contributed by atoms with Crippen LogP contribution in [-0.4, -0.2) is 30.1 Å². The fraction of sp³-hybridized carbons (Fsp3) is 0.667. The molecule has 0 aliphatic carbocycles. The smallest absolute Gasteiger partial charge is 0.258 e. The maximum absolute atomic E-state index is 10.0. The molecule has 0 radical (unpaired) electrons. The number of nitrogens with zero attached hydrogens (tertiary/aromatic N) is 2. The van der Waals surface area contributed by atoms with E-state index in [0.29, 0.717) is 0 Å². The largest absolute Gasteiger partial charge is 0.362 e. The van der Waals surface area contributed by atoms with Gasteiger partial charge < -0.3 is 9.80 Å². The third-order valence-electron chi connectivity index (χ3n) is 1.34. The van der Waals surface area contributed by atoms with Crippen molar-refractivity contribution in [3.05, 3.63) is 12.4 Å². The van der Waals surface area contributed by atoms with Gasteiger partial charge in [-0.3, -0.25) is 0 Å². The Morgan fingerprint density at radius 2 is 2.00 bits per heavy atom. The predicted molar refractivity (Wildman–Crippen MR) is 46.5 cm³/mol. The standard InChI is InChI=1S/C6H12N2.F2HNS/c1-3-8-5-4-7(2)6-8;1-4(2)3/h4-5H,3,6H2,1-2H3;3H. The van der Waals surface area contributed by atoms with Crippen molar-refractivity contribution in [2.45, 2.75) is 6.92 Å².